The quantitative estimate of drug-likeness (QED) is 0.631. The molecular formula is C20H19Cl3N2O3. The van der Waals surface area contributed by atoms with Gasteiger partial charge in [0.15, 0.2) is 11.2 Å². The molecule has 1 unspecified atom stereocenters. The number of benzene rings is 2. The zero-order valence-electron chi connectivity index (χ0n) is 15.2. The summed E-state index contributed by atoms with van der Waals surface area (Å²) in [6.07, 6.45) is 0. The van der Waals surface area contributed by atoms with Crippen molar-refractivity contribution < 1.29 is 9.21 Å². The summed E-state index contributed by atoms with van der Waals surface area (Å²) in [5.74, 6) is -0.519. The molecule has 0 aliphatic heterocycles. The van der Waals surface area contributed by atoms with Crippen LogP contribution in [-0.2, 0) is 0 Å². The minimum atomic E-state index is -0.470. The number of fused-ring (bicyclic) bond motifs is 1. The second kappa shape index (κ2) is 9.43. The van der Waals surface area contributed by atoms with Crippen LogP contribution in [0.1, 0.15) is 22.2 Å². The molecule has 148 valence electrons. The lowest BCUT2D eigenvalue weighted by molar-refractivity contribution is 0.0914. The molecule has 8 heteroatoms. The van der Waals surface area contributed by atoms with Crippen molar-refractivity contribution >= 4 is 52.5 Å². The van der Waals surface area contributed by atoms with Gasteiger partial charge in [0.2, 0.25) is 0 Å². The number of carbonyl (C=O) groups excluding carboxylic acids is 1. The Morgan fingerprint density at radius 3 is 2.54 bits per heavy atom. The van der Waals surface area contributed by atoms with E-state index in [-0.39, 0.29) is 29.6 Å². The maximum Gasteiger partial charge on any atom is 0.287 e. The third-order valence-corrected chi connectivity index (χ3v) is 4.84. The smallest absolute Gasteiger partial charge is 0.287 e. The van der Waals surface area contributed by atoms with Gasteiger partial charge < -0.3 is 14.6 Å². The van der Waals surface area contributed by atoms with Gasteiger partial charge in [0.1, 0.15) is 5.58 Å². The second-order valence-electron chi connectivity index (χ2n) is 6.33. The number of rotatable bonds is 5. The van der Waals surface area contributed by atoms with Gasteiger partial charge in [0, 0.05) is 22.7 Å². The summed E-state index contributed by atoms with van der Waals surface area (Å²) in [7, 11) is 3.81. The normalized spacial score (nSPS) is 11.9. The summed E-state index contributed by atoms with van der Waals surface area (Å²) in [4.78, 5) is 26.7. The van der Waals surface area contributed by atoms with Crippen LogP contribution in [0, 0.1) is 0 Å². The summed E-state index contributed by atoms with van der Waals surface area (Å²) < 4.78 is 5.57. The van der Waals surface area contributed by atoms with Crippen LogP contribution in [0.4, 0.5) is 0 Å². The maximum atomic E-state index is 12.5. The molecule has 1 N–H and O–H groups in total. The standard InChI is InChI=1S/C20H18Cl2N2O3.ClH/c1-24(2)16(13-5-3-4-6-15(13)22)11-23-20(26)19-10-17(25)14-9-12(21)7-8-18(14)27-19;/h3-10,16H,11H2,1-2H3,(H,23,26);1H. The number of halogens is 3. The molecule has 0 saturated heterocycles. The summed E-state index contributed by atoms with van der Waals surface area (Å²) in [5, 5.41) is 4.20. The van der Waals surface area contributed by atoms with Gasteiger partial charge in [0.25, 0.3) is 5.91 Å². The van der Waals surface area contributed by atoms with E-state index in [1.165, 1.54) is 12.1 Å². The summed E-state index contributed by atoms with van der Waals surface area (Å²) >= 11 is 12.2. The van der Waals surface area contributed by atoms with Crippen LogP contribution in [0.5, 0.6) is 0 Å². The van der Waals surface area contributed by atoms with E-state index < -0.39 is 5.91 Å². The van der Waals surface area contributed by atoms with E-state index in [1.807, 2.05) is 43.3 Å². The third-order valence-electron chi connectivity index (χ3n) is 4.26. The lowest BCUT2D eigenvalue weighted by atomic mass is 10.1. The Labute approximate surface area is 178 Å². The van der Waals surface area contributed by atoms with Crippen LogP contribution in [-0.4, -0.2) is 31.4 Å². The van der Waals surface area contributed by atoms with Gasteiger partial charge in [-0.2, -0.15) is 0 Å². The Hall–Kier alpha value is -2.05. The molecule has 3 aromatic rings. The predicted octanol–water partition coefficient (Wildman–Crippen LogP) is 4.55. The first-order valence-corrected chi connectivity index (χ1v) is 9.05. The average Bonchev–Trinajstić information content (AvgIpc) is 2.63. The fourth-order valence-electron chi connectivity index (χ4n) is 2.83. The number of hydrogen-bond acceptors (Lipinski definition) is 4. The zero-order chi connectivity index (χ0) is 19.6. The van der Waals surface area contributed by atoms with Gasteiger partial charge in [-0.25, -0.2) is 0 Å². The van der Waals surface area contributed by atoms with Crippen molar-refractivity contribution in [3.05, 3.63) is 80.1 Å². The topological polar surface area (TPSA) is 62.6 Å². The predicted molar refractivity (Wildman–Crippen MR) is 115 cm³/mol. The average molecular weight is 442 g/mol. The number of nitrogens with zero attached hydrogens (tertiary/aromatic N) is 1. The molecular weight excluding hydrogens is 423 g/mol. The van der Waals surface area contributed by atoms with Gasteiger partial charge in [-0.3, -0.25) is 9.59 Å². The molecule has 0 aliphatic rings. The fourth-order valence-corrected chi connectivity index (χ4v) is 3.27. The van der Waals surface area contributed by atoms with Crippen LogP contribution in [0.15, 0.2) is 57.7 Å². The molecule has 0 bridgehead atoms. The van der Waals surface area contributed by atoms with Crippen LogP contribution >= 0.6 is 35.6 Å². The molecule has 0 aliphatic carbocycles. The first-order valence-electron chi connectivity index (χ1n) is 8.29. The van der Waals surface area contributed by atoms with E-state index in [2.05, 4.69) is 5.32 Å². The van der Waals surface area contributed by atoms with Crippen LogP contribution < -0.4 is 10.7 Å². The third kappa shape index (κ3) is 4.86. The Balaban J connectivity index is 0.00000280. The van der Waals surface area contributed by atoms with Gasteiger partial charge in [-0.15, -0.1) is 12.4 Å². The van der Waals surface area contributed by atoms with Crippen molar-refractivity contribution in [2.45, 2.75) is 6.04 Å². The molecule has 0 fully saturated rings. The fraction of sp³-hybridized carbons (Fsp3) is 0.200. The van der Waals surface area contributed by atoms with Crippen molar-refractivity contribution in [2.75, 3.05) is 20.6 Å². The molecule has 1 amide bonds. The molecule has 0 radical (unpaired) electrons. The number of amides is 1. The molecule has 5 nitrogen and oxygen atoms in total. The number of nitrogens with one attached hydrogen (secondary N) is 1. The molecule has 1 heterocycles. The summed E-state index contributed by atoms with van der Waals surface area (Å²) in [5.41, 5.74) is 0.894. The summed E-state index contributed by atoms with van der Waals surface area (Å²) in [6, 6.07) is 13.2. The largest absolute Gasteiger partial charge is 0.451 e. The Morgan fingerprint density at radius 1 is 1.14 bits per heavy atom. The molecule has 1 atom stereocenters. The number of likely N-dealkylation sites (N-methyl/N-ethyl adjacent to an activating group) is 1. The maximum absolute atomic E-state index is 12.5. The highest BCUT2D eigenvalue weighted by Gasteiger charge is 2.19. The van der Waals surface area contributed by atoms with E-state index >= 15 is 0 Å². The van der Waals surface area contributed by atoms with Gasteiger partial charge in [0.05, 0.1) is 11.4 Å². The van der Waals surface area contributed by atoms with Crippen LogP contribution in [0.25, 0.3) is 11.0 Å². The molecule has 1 aromatic heterocycles. The van der Waals surface area contributed by atoms with Crippen LogP contribution in [0.2, 0.25) is 10.0 Å². The lowest BCUT2D eigenvalue weighted by Crippen LogP contribution is -2.35. The highest BCUT2D eigenvalue weighted by Crippen LogP contribution is 2.25. The lowest BCUT2D eigenvalue weighted by Gasteiger charge is -2.25. The Kier molecular flexibility index (Phi) is 7.49. The highest BCUT2D eigenvalue weighted by molar-refractivity contribution is 6.31. The molecule has 0 spiro atoms. The van der Waals surface area contributed by atoms with E-state index in [1.54, 1.807) is 12.1 Å². The molecule has 3 rings (SSSR count). The van der Waals surface area contributed by atoms with Gasteiger partial charge >= 0.3 is 0 Å². The second-order valence-corrected chi connectivity index (χ2v) is 7.17. The van der Waals surface area contributed by atoms with Gasteiger partial charge in [-0.1, -0.05) is 41.4 Å². The SMILES string of the molecule is CN(C)C(CNC(=O)c1cc(=O)c2cc(Cl)ccc2o1)c1ccccc1Cl.Cl. The molecule has 0 saturated carbocycles. The van der Waals surface area contributed by atoms with E-state index in [4.69, 9.17) is 27.6 Å². The van der Waals surface area contributed by atoms with Gasteiger partial charge in [-0.05, 0) is 43.9 Å². The number of carbonyl (C=O) groups is 1. The van der Waals surface area contributed by atoms with Crippen molar-refractivity contribution in [1.82, 2.24) is 10.2 Å². The van der Waals surface area contributed by atoms with Crippen LogP contribution in [0.3, 0.4) is 0 Å². The Morgan fingerprint density at radius 2 is 1.86 bits per heavy atom. The van der Waals surface area contributed by atoms with Crippen molar-refractivity contribution in [1.29, 1.82) is 0 Å². The highest BCUT2D eigenvalue weighted by atomic mass is 35.5. The number of hydrogen-bond donors (Lipinski definition) is 1. The first kappa shape index (κ1) is 22.2. The van der Waals surface area contributed by atoms with Crippen molar-refractivity contribution in [2.24, 2.45) is 0 Å². The molecule has 2 aromatic carbocycles. The van der Waals surface area contributed by atoms with E-state index in [0.29, 0.717) is 27.6 Å². The minimum Gasteiger partial charge on any atom is -0.451 e. The van der Waals surface area contributed by atoms with E-state index in [0.717, 1.165) is 5.56 Å². The summed E-state index contributed by atoms with van der Waals surface area (Å²) in [6.45, 7) is 0.304. The minimum absolute atomic E-state index is 0. The van der Waals surface area contributed by atoms with Crippen molar-refractivity contribution in [3.63, 3.8) is 0 Å². The van der Waals surface area contributed by atoms with Crippen molar-refractivity contribution in [3.8, 4) is 0 Å². The Bertz CT molecular complexity index is 1050. The first-order chi connectivity index (χ1) is 12.9. The molecule has 28 heavy (non-hydrogen) atoms. The monoisotopic (exact) mass is 440 g/mol. The zero-order valence-corrected chi connectivity index (χ0v) is 17.6. The van der Waals surface area contributed by atoms with E-state index in [9.17, 15) is 9.59 Å².